The van der Waals surface area contributed by atoms with Crippen molar-refractivity contribution in [2.75, 3.05) is 18.2 Å². The molecule has 29 heavy (non-hydrogen) atoms. The van der Waals surface area contributed by atoms with Crippen LogP contribution in [0.4, 0.5) is 11.5 Å². The molecule has 2 aromatic rings. The maximum Gasteiger partial charge on any atom is 0.337 e. The lowest BCUT2D eigenvalue weighted by Gasteiger charge is -2.57. The van der Waals surface area contributed by atoms with E-state index in [9.17, 15) is 4.79 Å². The Labute approximate surface area is 170 Å². The Morgan fingerprint density at radius 1 is 1.07 bits per heavy atom. The van der Waals surface area contributed by atoms with E-state index in [4.69, 9.17) is 15.2 Å². The monoisotopic (exact) mass is 394 g/mol. The van der Waals surface area contributed by atoms with Gasteiger partial charge in [0, 0.05) is 5.54 Å². The molecule has 4 aliphatic carbocycles. The molecule has 0 spiro atoms. The van der Waals surface area contributed by atoms with Gasteiger partial charge in [0.2, 0.25) is 5.88 Å². The van der Waals surface area contributed by atoms with Gasteiger partial charge in [-0.2, -0.15) is 4.98 Å². The Bertz CT molecular complexity index is 893. The molecule has 4 bridgehead atoms. The lowest BCUT2D eigenvalue weighted by Crippen LogP contribution is -2.55. The fourth-order valence-electron chi connectivity index (χ4n) is 5.96. The van der Waals surface area contributed by atoms with Crippen LogP contribution in [-0.2, 0) is 4.74 Å². The molecule has 1 aromatic heterocycles. The number of esters is 1. The van der Waals surface area contributed by atoms with Crippen LogP contribution in [0, 0.1) is 17.8 Å². The number of benzene rings is 1. The SMILES string of the molecule is COC(=O)c1ccc(Oc2ncnc(NC34CC5CC(CC(C5)C3)C4)c2N)cc1. The first-order valence-corrected chi connectivity index (χ1v) is 10.3. The number of nitrogens with two attached hydrogens (primary N) is 1. The van der Waals surface area contributed by atoms with Crippen LogP contribution in [0.15, 0.2) is 30.6 Å². The van der Waals surface area contributed by atoms with Crippen LogP contribution in [0.1, 0.15) is 48.9 Å². The van der Waals surface area contributed by atoms with Crippen LogP contribution < -0.4 is 15.8 Å². The van der Waals surface area contributed by atoms with Gasteiger partial charge in [0.25, 0.3) is 0 Å². The van der Waals surface area contributed by atoms with Crippen LogP contribution in [0.5, 0.6) is 11.6 Å². The molecule has 0 saturated heterocycles. The first-order chi connectivity index (χ1) is 14.0. The zero-order chi connectivity index (χ0) is 20.0. The van der Waals surface area contributed by atoms with Crippen molar-refractivity contribution in [1.29, 1.82) is 0 Å². The molecule has 3 N–H and O–H groups in total. The van der Waals surface area contributed by atoms with Crippen molar-refractivity contribution in [3.63, 3.8) is 0 Å². The minimum atomic E-state index is -0.389. The summed E-state index contributed by atoms with van der Waals surface area (Å²) < 4.78 is 10.6. The average molecular weight is 394 g/mol. The molecular formula is C22H26N4O3. The maximum atomic E-state index is 11.6. The van der Waals surface area contributed by atoms with Gasteiger partial charge in [-0.25, -0.2) is 9.78 Å². The minimum absolute atomic E-state index is 0.108. The zero-order valence-corrected chi connectivity index (χ0v) is 16.6. The van der Waals surface area contributed by atoms with Gasteiger partial charge in [0.05, 0.1) is 12.7 Å². The molecular weight excluding hydrogens is 368 g/mol. The van der Waals surface area contributed by atoms with Crippen molar-refractivity contribution in [1.82, 2.24) is 9.97 Å². The molecule has 4 saturated carbocycles. The highest BCUT2D eigenvalue weighted by Gasteiger charge is 2.51. The standard InChI is InChI=1S/C22H26N4O3/c1-28-21(27)16-2-4-17(5-3-16)29-20-18(23)19(24-12-25-20)26-22-9-13-6-14(10-22)8-15(7-13)11-22/h2-5,12-15H,6-11,23H2,1H3,(H,24,25,26). The number of hydrogen-bond acceptors (Lipinski definition) is 7. The summed E-state index contributed by atoms with van der Waals surface area (Å²) in [5.41, 5.74) is 7.36. The van der Waals surface area contributed by atoms with Crippen LogP contribution in [-0.4, -0.2) is 28.6 Å². The number of nitrogens with zero attached hydrogens (tertiary/aromatic N) is 2. The Morgan fingerprint density at radius 3 is 2.28 bits per heavy atom. The largest absolute Gasteiger partial charge is 0.465 e. The lowest BCUT2D eigenvalue weighted by molar-refractivity contribution is 0.0105. The van der Waals surface area contributed by atoms with E-state index in [1.54, 1.807) is 24.3 Å². The molecule has 0 radical (unpaired) electrons. The van der Waals surface area contributed by atoms with E-state index in [-0.39, 0.29) is 11.5 Å². The number of carbonyl (C=O) groups excluding carboxylic acids is 1. The number of carbonyl (C=O) groups is 1. The van der Waals surface area contributed by atoms with Crippen LogP contribution in [0.2, 0.25) is 0 Å². The van der Waals surface area contributed by atoms with Gasteiger partial charge in [-0.3, -0.25) is 0 Å². The summed E-state index contributed by atoms with van der Waals surface area (Å²) in [7, 11) is 1.35. The highest BCUT2D eigenvalue weighted by atomic mass is 16.5. The summed E-state index contributed by atoms with van der Waals surface area (Å²) in [6.07, 6.45) is 9.24. The van der Waals surface area contributed by atoms with Gasteiger partial charge < -0.3 is 20.5 Å². The molecule has 1 aromatic carbocycles. The number of rotatable bonds is 5. The first kappa shape index (κ1) is 18.2. The second-order valence-corrected chi connectivity index (χ2v) is 8.88. The quantitative estimate of drug-likeness (QED) is 0.739. The van der Waals surface area contributed by atoms with Crippen molar-refractivity contribution in [3.05, 3.63) is 36.2 Å². The van der Waals surface area contributed by atoms with E-state index in [2.05, 4.69) is 15.3 Å². The summed E-state index contributed by atoms with van der Waals surface area (Å²) in [5, 5.41) is 3.70. The van der Waals surface area contributed by atoms with Gasteiger partial charge in [0.15, 0.2) is 5.82 Å². The van der Waals surface area contributed by atoms with Crippen molar-refractivity contribution in [3.8, 4) is 11.6 Å². The first-order valence-electron chi connectivity index (χ1n) is 10.3. The van der Waals surface area contributed by atoms with Crippen molar-refractivity contribution in [2.24, 2.45) is 17.8 Å². The van der Waals surface area contributed by atoms with Crippen LogP contribution >= 0.6 is 0 Å². The maximum absolute atomic E-state index is 11.6. The van der Waals surface area contributed by atoms with Crippen molar-refractivity contribution < 1.29 is 14.3 Å². The van der Waals surface area contributed by atoms with E-state index < -0.39 is 0 Å². The van der Waals surface area contributed by atoms with E-state index in [1.807, 2.05) is 0 Å². The van der Waals surface area contributed by atoms with E-state index in [0.717, 1.165) is 17.8 Å². The molecule has 0 amide bonds. The molecule has 6 rings (SSSR count). The fraction of sp³-hybridized carbons (Fsp3) is 0.500. The minimum Gasteiger partial charge on any atom is -0.465 e. The number of nitrogens with one attached hydrogen (secondary N) is 1. The molecule has 7 heteroatoms. The number of nitrogen functional groups attached to an aromatic ring is 1. The molecule has 1 heterocycles. The third-order valence-electron chi connectivity index (χ3n) is 6.76. The second kappa shape index (κ2) is 6.90. The van der Waals surface area contributed by atoms with Gasteiger partial charge in [0.1, 0.15) is 17.8 Å². The van der Waals surface area contributed by atoms with Crippen LogP contribution in [0.25, 0.3) is 0 Å². The Balaban J connectivity index is 1.34. The van der Waals surface area contributed by atoms with Crippen LogP contribution in [0.3, 0.4) is 0 Å². The predicted molar refractivity (Wildman–Crippen MR) is 109 cm³/mol. The highest BCUT2D eigenvalue weighted by Crippen LogP contribution is 2.56. The summed E-state index contributed by atoms with van der Waals surface area (Å²) in [4.78, 5) is 20.2. The predicted octanol–water partition coefficient (Wildman–Crippen LogP) is 4.02. The smallest absolute Gasteiger partial charge is 0.337 e. The van der Waals surface area contributed by atoms with Gasteiger partial charge in [-0.15, -0.1) is 0 Å². The molecule has 0 unspecified atom stereocenters. The van der Waals surface area contributed by atoms with Gasteiger partial charge >= 0.3 is 5.97 Å². The Morgan fingerprint density at radius 2 is 1.69 bits per heavy atom. The number of hydrogen-bond donors (Lipinski definition) is 2. The van der Waals surface area contributed by atoms with E-state index in [0.29, 0.717) is 28.7 Å². The molecule has 0 atom stereocenters. The molecule has 7 nitrogen and oxygen atoms in total. The lowest BCUT2D eigenvalue weighted by atomic mass is 9.53. The fourth-order valence-corrected chi connectivity index (χ4v) is 5.96. The summed E-state index contributed by atoms with van der Waals surface area (Å²) in [5.74, 6) is 3.63. The topological polar surface area (TPSA) is 99.4 Å². The van der Waals surface area contributed by atoms with Crippen molar-refractivity contribution >= 4 is 17.5 Å². The third-order valence-corrected chi connectivity index (χ3v) is 6.76. The number of aromatic nitrogens is 2. The third kappa shape index (κ3) is 3.39. The van der Waals surface area contributed by atoms with E-state index >= 15 is 0 Å². The van der Waals surface area contributed by atoms with Gasteiger partial charge in [-0.1, -0.05) is 0 Å². The van der Waals surface area contributed by atoms with Gasteiger partial charge in [-0.05, 0) is 80.5 Å². The Hall–Kier alpha value is -2.83. The molecule has 152 valence electrons. The van der Waals surface area contributed by atoms with E-state index in [1.165, 1.54) is 52.0 Å². The average Bonchev–Trinajstić information content (AvgIpc) is 2.70. The zero-order valence-electron chi connectivity index (χ0n) is 16.6. The van der Waals surface area contributed by atoms with Crippen molar-refractivity contribution in [2.45, 2.75) is 44.1 Å². The molecule has 4 aliphatic rings. The summed E-state index contributed by atoms with van der Waals surface area (Å²) >= 11 is 0. The second-order valence-electron chi connectivity index (χ2n) is 8.88. The normalized spacial score (nSPS) is 29.5. The number of methoxy groups -OCH3 is 1. The highest BCUT2D eigenvalue weighted by molar-refractivity contribution is 5.89. The molecule has 0 aliphatic heterocycles. The number of ether oxygens (including phenoxy) is 2. The summed E-state index contributed by atoms with van der Waals surface area (Å²) in [6, 6.07) is 6.68. The molecule has 4 fully saturated rings. The number of anilines is 2. The Kier molecular flexibility index (Phi) is 4.33. The summed E-state index contributed by atoms with van der Waals surface area (Å²) in [6.45, 7) is 0.